The number of alkyl halides is 3. The second-order valence-electron chi connectivity index (χ2n) is 8.40. The van der Waals surface area contributed by atoms with Gasteiger partial charge in [0, 0.05) is 29.4 Å². The molecule has 4 rings (SSSR count). The number of methoxy groups -OCH3 is 1. The van der Waals surface area contributed by atoms with E-state index in [4.69, 9.17) is 4.74 Å². The predicted octanol–water partition coefficient (Wildman–Crippen LogP) is 4.47. The maximum atomic E-state index is 14.5. The van der Waals surface area contributed by atoms with Gasteiger partial charge in [-0.2, -0.15) is 22.8 Å². The average molecular weight is 478 g/mol. The van der Waals surface area contributed by atoms with E-state index in [0.29, 0.717) is 0 Å². The van der Waals surface area contributed by atoms with Crippen LogP contribution in [0.4, 0.5) is 22.0 Å². The Morgan fingerprint density at radius 3 is 2.56 bits per heavy atom. The van der Waals surface area contributed by atoms with Crippen molar-refractivity contribution in [1.29, 1.82) is 5.26 Å². The molecule has 3 aromatic rings. The summed E-state index contributed by atoms with van der Waals surface area (Å²) >= 11 is 0. The highest BCUT2D eigenvalue weighted by atomic mass is 19.4. The monoisotopic (exact) mass is 478 g/mol. The molecule has 0 spiro atoms. The summed E-state index contributed by atoms with van der Waals surface area (Å²) in [5.41, 5.74) is -2.85. The zero-order chi connectivity index (χ0) is 25.0. The molecule has 6 nitrogen and oxygen atoms in total. The van der Waals surface area contributed by atoms with Gasteiger partial charge < -0.3 is 9.72 Å². The molecule has 34 heavy (non-hydrogen) atoms. The van der Waals surface area contributed by atoms with E-state index < -0.39 is 52.4 Å². The van der Waals surface area contributed by atoms with Gasteiger partial charge in [0.15, 0.2) is 22.7 Å². The first-order valence-electron chi connectivity index (χ1n) is 10.2. The highest BCUT2D eigenvalue weighted by Gasteiger charge is 2.63. The summed E-state index contributed by atoms with van der Waals surface area (Å²) in [6, 6.07) is 5.19. The van der Waals surface area contributed by atoms with Crippen molar-refractivity contribution in [2.75, 3.05) is 7.11 Å². The molecule has 0 saturated carbocycles. The van der Waals surface area contributed by atoms with Crippen LogP contribution in [-0.4, -0.2) is 28.8 Å². The Labute approximate surface area is 190 Å². The van der Waals surface area contributed by atoms with Gasteiger partial charge in [0.05, 0.1) is 24.1 Å². The van der Waals surface area contributed by atoms with Crippen molar-refractivity contribution >= 4 is 10.9 Å². The maximum Gasteiger partial charge on any atom is 0.406 e. The van der Waals surface area contributed by atoms with Gasteiger partial charge in [0.25, 0.3) is 0 Å². The molecule has 4 unspecified atom stereocenters. The molecule has 0 aliphatic carbocycles. The number of H-pyrrole nitrogens is 1. The third kappa shape index (κ3) is 3.40. The first-order chi connectivity index (χ1) is 15.9. The van der Waals surface area contributed by atoms with Crippen molar-refractivity contribution in [1.82, 2.24) is 15.3 Å². The molecule has 4 atom stereocenters. The number of benzene rings is 1. The van der Waals surface area contributed by atoms with E-state index in [-0.39, 0.29) is 27.9 Å². The largest absolute Gasteiger partial charge is 0.493 e. The topological polar surface area (TPSA) is 90.8 Å². The molecule has 2 aromatic heterocycles. The fourth-order valence-corrected chi connectivity index (χ4v) is 4.74. The van der Waals surface area contributed by atoms with Crippen molar-refractivity contribution in [3.8, 4) is 11.8 Å². The van der Waals surface area contributed by atoms with Crippen LogP contribution in [0.1, 0.15) is 42.8 Å². The zero-order valence-corrected chi connectivity index (χ0v) is 18.2. The third-order valence-electron chi connectivity index (χ3n) is 6.70. The third-order valence-corrected chi connectivity index (χ3v) is 6.70. The van der Waals surface area contributed by atoms with Crippen LogP contribution in [0.15, 0.2) is 35.3 Å². The highest BCUT2D eigenvalue weighted by molar-refractivity contribution is 5.82. The van der Waals surface area contributed by atoms with Gasteiger partial charge in [-0.1, -0.05) is 13.0 Å². The van der Waals surface area contributed by atoms with Crippen LogP contribution in [0.5, 0.6) is 5.75 Å². The molecule has 1 saturated heterocycles. The number of aromatic amines is 1. The highest BCUT2D eigenvalue weighted by Crippen LogP contribution is 2.55. The van der Waals surface area contributed by atoms with Gasteiger partial charge >= 0.3 is 6.18 Å². The molecule has 1 aliphatic heterocycles. The smallest absolute Gasteiger partial charge is 0.406 e. The van der Waals surface area contributed by atoms with Gasteiger partial charge in [-0.3, -0.25) is 10.1 Å². The molecule has 0 bridgehead atoms. The first-order valence-corrected chi connectivity index (χ1v) is 10.2. The molecule has 2 N–H and O–H groups in total. The van der Waals surface area contributed by atoms with Crippen LogP contribution >= 0.6 is 0 Å². The first kappa shape index (κ1) is 23.6. The van der Waals surface area contributed by atoms with E-state index in [0.717, 1.165) is 26.2 Å². The number of nitrogens with one attached hydrogen (secondary N) is 2. The minimum atomic E-state index is -4.71. The Balaban J connectivity index is 1.98. The molecule has 1 aromatic carbocycles. The van der Waals surface area contributed by atoms with Crippen LogP contribution in [0.2, 0.25) is 0 Å². The number of ether oxygens (including phenoxy) is 1. The molecule has 1 aliphatic rings. The van der Waals surface area contributed by atoms with Crippen molar-refractivity contribution in [2.24, 2.45) is 5.92 Å². The number of hydrogen-bond acceptors (Lipinski definition) is 5. The van der Waals surface area contributed by atoms with Crippen molar-refractivity contribution < 1.29 is 26.7 Å². The summed E-state index contributed by atoms with van der Waals surface area (Å²) in [4.78, 5) is 19.6. The Bertz CT molecular complexity index is 1380. The van der Waals surface area contributed by atoms with Gasteiger partial charge in [-0.25, -0.2) is 9.37 Å². The van der Waals surface area contributed by atoms with E-state index in [1.807, 2.05) is 6.07 Å². The van der Waals surface area contributed by atoms with E-state index in [2.05, 4.69) is 15.3 Å². The van der Waals surface area contributed by atoms with Crippen molar-refractivity contribution in [3.63, 3.8) is 0 Å². The number of nitrogens with zero attached hydrogens (tertiary/aromatic N) is 2. The normalized spacial score (nSPS) is 24.9. The molecule has 0 radical (unpaired) electrons. The van der Waals surface area contributed by atoms with E-state index in [1.54, 1.807) is 0 Å². The lowest BCUT2D eigenvalue weighted by atomic mass is 9.76. The standard InChI is InChI=1S/C23H19F5N4O2/c1-10-17(11-4-5-12(24)19(25)21(11)34-3)20(32-22(10,2)23(26,27)28)14-8-16(33)18-13(31-14)6-7-30-15(18)9-29/h4-8,10,17,20,32H,1-3H3,(H,31,33). The maximum absolute atomic E-state index is 14.5. The lowest BCUT2D eigenvalue weighted by Gasteiger charge is -2.33. The molecule has 0 amide bonds. The van der Waals surface area contributed by atoms with Gasteiger partial charge in [-0.15, -0.1) is 0 Å². The number of pyridine rings is 2. The number of fused-ring (bicyclic) bond motifs is 1. The van der Waals surface area contributed by atoms with E-state index in [1.165, 1.54) is 25.3 Å². The molecular weight excluding hydrogens is 459 g/mol. The second kappa shape index (κ2) is 8.06. The summed E-state index contributed by atoms with van der Waals surface area (Å²) in [6.45, 7) is 2.33. The minimum absolute atomic E-state index is 0.000311. The van der Waals surface area contributed by atoms with Gasteiger partial charge in [0.1, 0.15) is 11.6 Å². The molecule has 11 heteroatoms. The van der Waals surface area contributed by atoms with Crippen molar-refractivity contribution in [2.45, 2.75) is 37.5 Å². The predicted molar refractivity (Wildman–Crippen MR) is 112 cm³/mol. The zero-order valence-electron chi connectivity index (χ0n) is 18.2. The summed E-state index contributed by atoms with van der Waals surface area (Å²) in [5.74, 6) is -5.27. The number of rotatable bonds is 3. The number of nitriles is 1. The van der Waals surface area contributed by atoms with Gasteiger partial charge in [0.2, 0.25) is 5.82 Å². The Morgan fingerprint density at radius 1 is 1.24 bits per heavy atom. The Kier molecular flexibility index (Phi) is 5.60. The lowest BCUT2D eigenvalue weighted by Crippen LogP contribution is -2.54. The summed E-state index contributed by atoms with van der Waals surface area (Å²) < 4.78 is 76.0. The van der Waals surface area contributed by atoms with Gasteiger partial charge in [-0.05, 0) is 25.0 Å². The number of hydrogen-bond donors (Lipinski definition) is 2. The quantitative estimate of drug-likeness (QED) is 0.543. The number of aromatic nitrogens is 2. The lowest BCUT2D eigenvalue weighted by molar-refractivity contribution is -0.198. The fourth-order valence-electron chi connectivity index (χ4n) is 4.74. The minimum Gasteiger partial charge on any atom is -0.493 e. The summed E-state index contributed by atoms with van der Waals surface area (Å²) in [7, 11) is 1.10. The molecular formula is C23H19F5N4O2. The summed E-state index contributed by atoms with van der Waals surface area (Å²) in [6.07, 6.45) is -3.42. The van der Waals surface area contributed by atoms with Crippen LogP contribution in [0.3, 0.4) is 0 Å². The van der Waals surface area contributed by atoms with Crippen LogP contribution in [0.25, 0.3) is 10.9 Å². The molecule has 1 fully saturated rings. The van der Waals surface area contributed by atoms with Crippen molar-refractivity contribution in [3.05, 3.63) is 69.3 Å². The fraction of sp³-hybridized carbons (Fsp3) is 0.348. The van der Waals surface area contributed by atoms with Crippen LogP contribution in [-0.2, 0) is 0 Å². The molecule has 178 valence electrons. The Morgan fingerprint density at radius 2 is 1.94 bits per heavy atom. The average Bonchev–Trinajstić information content (AvgIpc) is 3.06. The second-order valence-corrected chi connectivity index (χ2v) is 8.40. The Hall–Kier alpha value is -3.52. The molecule has 3 heterocycles. The summed E-state index contributed by atoms with van der Waals surface area (Å²) in [5, 5.41) is 11.8. The van der Waals surface area contributed by atoms with Crippen LogP contribution in [0, 0.1) is 28.9 Å². The van der Waals surface area contributed by atoms with Crippen LogP contribution < -0.4 is 15.5 Å². The number of halogens is 5. The SMILES string of the molecule is COc1c(C2C(c3cc(=O)c4c(C#N)nccc4[nH]3)NC(C)(C(F)(F)F)C2C)ccc(F)c1F. The van der Waals surface area contributed by atoms with E-state index in [9.17, 15) is 32.0 Å². The van der Waals surface area contributed by atoms with E-state index >= 15 is 0 Å².